The molecule has 0 spiro atoms. The van der Waals surface area contributed by atoms with Crippen molar-refractivity contribution in [1.29, 1.82) is 0 Å². The quantitative estimate of drug-likeness (QED) is 0.521. The lowest BCUT2D eigenvalue weighted by atomic mass is 10.2. The molecule has 108 valence electrons. The number of amides is 1. The van der Waals surface area contributed by atoms with Gasteiger partial charge in [0.1, 0.15) is 5.69 Å². The Morgan fingerprint density at radius 1 is 1.48 bits per heavy atom. The van der Waals surface area contributed by atoms with E-state index in [1.54, 1.807) is 18.3 Å². The minimum atomic E-state index is -0.472. The van der Waals surface area contributed by atoms with Crippen molar-refractivity contribution in [1.82, 2.24) is 10.4 Å². The average molecular weight is 304 g/mol. The van der Waals surface area contributed by atoms with Crippen molar-refractivity contribution in [3.8, 4) is 0 Å². The van der Waals surface area contributed by atoms with Crippen molar-refractivity contribution in [3.63, 3.8) is 0 Å². The van der Waals surface area contributed by atoms with Crippen LogP contribution in [0.2, 0.25) is 0 Å². The molecule has 8 heteroatoms. The van der Waals surface area contributed by atoms with Gasteiger partial charge in [-0.1, -0.05) is 24.3 Å². The summed E-state index contributed by atoms with van der Waals surface area (Å²) in [7, 11) is 0. The third-order valence-electron chi connectivity index (χ3n) is 2.62. The van der Waals surface area contributed by atoms with Crippen LogP contribution < -0.4 is 5.43 Å². The van der Waals surface area contributed by atoms with E-state index in [0.717, 1.165) is 23.3 Å². The fourth-order valence-corrected chi connectivity index (χ4v) is 2.18. The van der Waals surface area contributed by atoms with E-state index in [1.807, 2.05) is 13.0 Å². The fourth-order valence-electron chi connectivity index (χ4n) is 1.49. The van der Waals surface area contributed by atoms with Gasteiger partial charge in [0.15, 0.2) is 0 Å². The van der Waals surface area contributed by atoms with Gasteiger partial charge in [0, 0.05) is 12.3 Å². The number of hydrogen-bond donors (Lipinski definition) is 1. The molecule has 0 aliphatic carbocycles. The highest BCUT2D eigenvalue weighted by molar-refractivity contribution is 7.16. The summed E-state index contributed by atoms with van der Waals surface area (Å²) >= 11 is 0.978. The molecular formula is C13H12N4O3S. The van der Waals surface area contributed by atoms with Gasteiger partial charge in [-0.3, -0.25) is 19.9 Å². The average Bonchev–Trinajstić information content (AvgIpc) is 2.96. The van der Waals surface area contributed by atoms with E-state index in [-0.39, 0.29) is 10.7 Å². The molecule has 0 unspecified atom stereocenters. The summed E-state index contributed by atoms with van der Waals surface area (Å²) in [4.78, 5) is 26.4. The van der Waals surface area contributed by atoms with Gasteiger partial charge >= 0.3 is 5.00 Å². The van der Waals surface area contributed by atoms with E-state index in [1.165, 1.54) is 12.3 Å². The summed E-state index contributed by atoms with van der Waals surface area (Å²) in [6.07, 6.45) is 3.85. The van der Waals surface area contributed by atoms with Crippen LogP contribution in [-0.2, 0) is 6.42 Å². The first-order valence-corrected chi connectivity index (χ1v) is 6.94. The van der Waals surface area contributed by atoms with Crippen molar-refractivity contribution in [2.24, 2.45) is 5.10 Å². The molecule has 2 aromatic rings. The topological polar surface area (TPSA) is 97.5 Å². The number of pyridine rings is 1. The molecule has 2 heterocycles. The van der Waals surface area contributed by atoms with Gasteiger partial charge in [0.05, 0.1) is 16.0 Å². The minimum Gasteiger partial charge on any atom is -0.266 e. The maximum absolute atomic E-state index is 11.8. The lowest BCUT2D eigenvalue weighted by molar-refractivity contribution is -0.380. The third kappa shape index (κ3) is 3.93. The first-order chi connectivity index (χ1) is 10.1. The molecule has 2 rings (SSSR count). The monoisotopic (exact) mass is 304 g/mol. The number of hydrazone groups is 1. The molecule has 0 saturated carbocycles. The number of nitrogens with one attached hydrogen (secondary N) is 1. The second kappa shape index (κ2) is 6.71. The zero-order valence-electron chi connectivity index (χ0n) is 11.1. The Kier molecular flexibility index (Phi) is 4.72. The molecular weight excluding hydrogens is 292 g/mol. The largest absolute Gasteiger partial charge is 0.324 e. The molecule has 0 aromatic carbocycles. The molecule has 2 aromatic heterocycles. The molecule has 0 bridgehead atoms. The van der Waals surface area contributed by atoms with Gasteiger partial charge in [0.2, 0.25) is 0 Å². The number of thiophene rings is 1. The van der Waals surface area contributed by atoms with Crippen molar-refractivity contribution in [2.45, 2.75) is 13.3 Å². The number of carbonyl (C=O) groups is 1. The van der Waals surface area contributed by atoms with Gasteiger partial charge in [-0.05, 0) is 24.1 Å². The van der Waals surface area contributed by atoms with Crippen LogP contribution in [0.25, 0.3) is 0 Å². The number of nitro groups is 1. The van der Waals surface area contributed by atoms with Crippen molar-refractivity contribution >= 4 is 28.5 Å². The van der Waals surface area contributed by atoms with Crippen LogP contribution in [0.5, 0.6) is 0 Å². The van der Waals surface area contributed by atoms with Crippen LogP contribution in [0.15, 0.2) is 35.6 Å². The summed E-state index contributed by atoms with van der Waals surface area (Å²) in [5, 5.41) is 14.3. The summed E-state index contributed by atoms with van der Waals surface area (Å²) in [6, 6.07) is 6.40. The first-order valence-electron chi connectivity index (χ1n) is 6.12. The van der Waals surface area contributed by atoms with Crippen molar-refractivity contribution in [3.05, 3.63) is 56.7 Å². The summed E-state index contributed by atoms with van der Waals surface area (Å²) in [5.74, 6) is -0.431. The number of rotatable bonds is 5. The van der Waals surface area contributed by atoms with Gasteiger partial charge < -0.3 is 0 Å². The molecule has 21 heavy (non-hydrogen) atoms. The molecule has 7 nitrogen and oxygen atoms in total. The predicted molar refractivity (Wildman–Crippen MR) is 79.6 cm³/mol. The number of aromatic nitrogens is 1. The zero-order valence-corrected chi connectivity index (χ0v) is 12.0. The second-order valence-corrected chi connectivity index (χ2v) is 5.13. The normalized spacial score (nSPS) is 10.7. The number of hydrogen-bond acceptors (Lipinski definition) is 6. The highest BCUT2D eigenvalue weighted by Gasteiger charge is 2.08. The van der Waals surface area contributed by atoms with E-state index in [9.17, 15) is 14.9 Å². The second-order valence-electron chi connectivity index (χ2n) is 4.04. The van der Waals surface area contributed by atoms with Gasteiger partial charge in [-0.25, -0.2) is 5.43 Å². The Labute approximate surface area is 124 Å². The Hall–Kier alpha value is -2.61. The number of nitrogens with zero attached hydrogens (tertiary/aromatic N) is 3. The summed E-state index contributed by atoms with van der Waals surface area (Å²) in [5.41, 5.74) is 3.64. The molecule has 1 N–H and O–H groups in total. The standard InChI is InChI=1S/C13H12N4O3S/c1-2-9-3-5-11(14-7-9)13(18)16-15-8-10-4-6-12(21-10)17(19)20/h3-8H,2H2,1H3,(H,16,18)/b15-8+. The van der Waals surface area contributed by atoms with Crippen molar-refractivity contribution in [2.75, 3.05) is 0 Å². The minimum absolute atomic E-state index is 0.0274. The van der Waals surface area contributed by atoms with Gasteiger partial charge in [-0.2, -0.15) is 5.10 Å². The fraction of sp³-hybridized carbons (Fsp3) is 0.154. The Balaban J connectivity index is 1.95. The Bertz CT molecular complexity index is 679. The number of carbonyl (C=O) groups excluding carboxylic acids is 1. The third-order valence-corrected chi connectivity index (χ3v) is 3.59. The maximum Gasteiger partial charge on any atom is 0.324 e. The zero-order chi connectivity index (χ0) is 15.2. The predicted octanol–water partition coefficient (Wildman–Crippen LogP) is 2.38. The van der Waals surface area contributed by atoms with E-state index < -0.39 is 10.8 Å². The smallest absolute Gasteiger partial charge is 0.266 e. The van der Waals surface area contributed by atoms with Gasteiger partial charge in [0.25, 0.3) is 5.91 Å². The molecule has 0 radical (unpaired) electrons. The number of aryl methyl sites for hydroxylation is 1. The maximum atomic E-state index is 11.8. The molecule has 0 aliphatic heterocycles. The SMILES string of the molecule is CCc1ccc(C(=O)N/N=C/c2ccc([N+](=O)[O-])s2)nc1. The van der Waals surface area contributed by atoms with E-state index in [0.29, 0.717) is 4.88 Å². The van der Waals surface area contributed by atoms with Crippen LogP contribution in [0.4, 0.5) is 5.00 Å². The van der Waals surface area contributed by atoms with Gasteiger partial charge in [-0.15, -0.1) is 0 Å². The van der Waals surface area contributed by atoms with E-state index in [2.05, 4.69) is 15.5 Å². The first kappa shape index (κ1) is 14.8. The Morgan fingerprint density at radius 3 is 2.86 bits per heavy atom. The highest BCUT2D eigenvalue weighted by atomic mass is 32.1. The lowest BCUT2D eigenvalue weighted by Gasteiger charge is -2.00. The van der Waals surface area contributed by atoms with Crippen LogP contribution >= 0.6 is 11.3 Å². The van der Waals surface area contributed by atoms with Crippen molar-refractivity contribution < 1.29 is 9.72 Å². The Morgan fingerprint density at radius 2 is 2.29 bits per heavy atom. The highest BCUT2D eigenvalue weighted by Crippen LogP contribution is 2.22. The van der Waals surface area contributed by atoms with E-state index >= 15 is 0 Å². The molecule has 1 amide bonds. The van der Waals surface area contributed by atoms with Crippen LogP contribution in [0.3, 0.4) is 0 Å². The molecule has 0 aliphatic rings. The summed E-state index contributed by atoms with van der Waals surface area (Å²) < 4.78 is 0. The van der Waals surface area contributed by atoms with E-state index in [4.69, 9.17) is 0 Å². The molecule has 0 atom stereocenters. The van der Waals surface area contributed by atoms with Crippen LogP contribution in [0.1, 0.15) is 27.9 Å². The molecule has 0 saturated heterocycles. The van der Waals surface area contributed by atoms with Crippen LogP contribution in [0, 0.1) is 10.1 Å². The summed E-state index contributed by atoms with van der Waals surface area (Å²) in [6.45, 7) is 2.00. The van der Waals surface area contributed by atoms with Crippen LogP contribution in [-0.4, -0.2) is 22.0 Å². The lowest BCUT2D eigenvalue weighted by Crippen LogP contribution is -2.18. The molecule has 0 fully saturated rings.